The van der Waals surface area contributed by atoms with Crippen LogP contribution in [-0.4, -0.2) is 88.9 Å². The van der Waals surface area contributed by atoms with Crippen LogP contribution in [0.1, 0.15) is 44.2 Å². The van der Waals surface area contributed by atoms with Gasteiger partial charge in [-0.05, 0) is 68.9 Å². The molecule has 1 aromatic carbocycles. The number of methoxy groups -OCH3 is 1. The third kappa shape index (κ3) is 7.94. The van der Waals surface area contributed by atoms with E-state index in [4.69, 9.17) is 9.47 Å². The minimum absolute atomic E-state index is 0.268. The lowest BCUT2D eigenvalue weighted by molar-refractivity contribution is 0.0170. The Kier molecular flexibility index (Phi) is 10.6. The molecule has 0 aliphatic carbocycles. The summed E-state index contributed by atoms with van der Waals surface area (Å²) in [5.74, 6) is 2.67. The van der Waals surface area contributed by atoms with Crippen LogP contribution < -0.4 is 15.4 Å². The van der Waals surface area contributed by atoms with Crippen LogP contribution in [0.5, 0.6) is 5.75 Å². The Hall–Kier alpha value is -1.83. The van der Waals surface area contributed by atoms with E-state index in [0.29, 0.717) is 0 Å². The highest BCUT2D eigenvalue weighted by molar-refractivity contribution is 5.79. The maximum Gasteiger partial charge on any atom is 0.191 e. The van der Waals surface area contributed by atoms with Crippen LogP contribution in [0.4, 0.5) is 0 Å². The molecular weight excluding hydrogens is 402 g/mol. The number of nitrogens with one attached hydrogen (secondary N) is 2. The standard InChI is InChI=1S/C25H43N5O2/c1-21-10-14-29(15-11-21)13-5-4-12-27-25(26-2)28-20-24(30-16-18-32-19-17-30)22-6-8-23(31-3)9-7-22/h6-9,21,24H,4-5,10-20H2,1-3H3,(H2,26,27,28). The van der Waals surface area contributed by atoms with Gasteiger partial charge in [-0.1, -0.05) is 19.1 Å². The fourth-order valence-electron chi connectivity index (χ4n) is 4.54. The summed E-state index contributed by atoms with van der Waals surface area (Å²) in [6.07, 6.45) is 5.11. The molecule has 1 unspecified atom stereocenters. The first-order valence-electron chi connectivity index (χ1n) is 12.3. The molecule has 0 radical (unpaired) electrons. The van der Waals surface area contributed by atoms with Crippen molar-refractivity contribution in [1.82, 2.24) is 20.4 Å². The van der Waals surface area contributed by atoms with E-state index in [1.54, 1.807) is 7.11 Å². The predicted octanol–water partition coefficient (Wildman–Crippen LogP) is 2.75. The maximum absolute atomic E-state index is 5.57. The molecule has 0 bridgehead atoms. The lowest BCUT2D eigenvalue weighted by atomic mass is 9.99. The Morgan fingerprint density at radius 3 is 2.47 bits per heavy atom. The molecule has 7 nitrogen and oxygen atoms in total. The second-order valence-electron chi connectivity index (χ2n) is 9.05. The zero-order valence-electron chi connectivity index (χ0n) is 20.3. The number of guanidine groups is 1. The number of piperidine rings is 1. The minimum Gasteiger partial charge on any atom is -0.497 e. The van der Waals surface area contributed by atoms with Crippen molar-refractivity contribution in [2.24, 2.45) is 10.9 Å². The molecule has 0 aromatic heterocycles. The van der Waals surface area contributed by atoms with E-state index >= 15 is 0 Å². The zero-order valence-corrected chi connectivity index (χ0v) is 20.3. The number of likely N-dealkylation sites (tertiary alicyclic amines) is 1. The number of rotatable bonds is 10. The molecule has 2 N–H and O–H groups in total. The van der Waals surface area contributed by atoms with Crippen molar-refractivity contribution >= 4 is 5.96 Å². The normalized spacial score (nSPS) is 20.2. The summed E-state index contributed by atoms with van der Waals surface area (Å²) in [7, 11) is 3.56. The summed E-state index contributed by atoms with van der Waals surface area (Å²) < 4.78 is 10.9. The number of morpholine rings is 1. The lowest BCUT2D eigenvalue weighted by Gasteiger charge is -2.35. The summed E-state index contributed by atoms with van der Waals surface area (Å²) in [4.78, 5) is 9.55. The largest absolute Gasteiger partial charge is 0.497 e. The number of ether oxygens (including phenoxy) is 2. The van der Waals surface area contributed by atoms with E-state index in [-0.39, 0.29) is 6.04 Å². The van der Waals surface area contributed by atoms with Gasteiger partial charge in [-0.15, -0.1) is 0 Å². The van der Waals surface area contributed by atoms with Gasteiger partial charge >= 0.3 is 0 Å². The third-order valence-corrected chi connectivity index (χ3v) is 6.74. The van der Waals surface area contributed by atoms with Crippen molar-refractivity contribution in [3.8, 4) is 5.75 Å². The third-order valence-electron chi connectivity index (χ3n) is 6.74. The Balaban J connectivity index is 1.43. The number of hydrogen-bond donors (Lipinski definition) is 2. The number of unbranched alkanes of at least 4 members (excludes halogenated alkanes) is 1. The highest BCUT2D eigenvalue weighted by Gasteiger charge is 2.23. The van der Waals surface area contributed by atoms with Gasteiger partial charge in [-0.25, -0.2) is 0 Å². The van der Waals surface area contributed by atoms with Gasteiger partial charge in [0.05, 0.1) is 26.4 Å². The first-order chi connectivity index (χ1) is 15.7. The van der Waals surface area contributed by atoms with Crippen LogP contribution in [0.15, 0.2) is 29.3 Å². The number of hydrogen-bond acceptors (Lipinski definition) is 5. The van der Waals surface area contributed by atoms with Gasteiger partial charge in [0.25, 0.3) is 0 Å². The molecular formula is C25H43N5O2. The van der Waals surface area contributed by atoms with E-state index in [1.807, 2.05) is 19.2 Å². The summed E-state index contributed by atoms with van der Waals surface area (Å²) in [6, 6.07) is 8.68. The molecule has 0 spiro atoms. The Labute approximate surface area is 194 Å². The monoisotopic (exact) mass is 445 g/mol. The highest BCUT2D eigenvalue weighted by Crippen LogP contribution is 2.23. The van der Waals surface area contributed by atoms with Gasteiger partial charge in [0.1, 0.15) is 5.75 Å². The van der Waals surface area contributed by atoms with Gasteiger partial charge < -0.3 is 25.0 Å². The molecule has 2 fully saturated rings. The van der Waals surface area contributed by atoms with Crippen molar-refractivity contribution in [1.29, 1.82) is 0 Å². The van der Waals surface area contributed by atoms with Crippen molar-refractivity contribution in [2.45, 2.75) is 38.6 Å². The molecule has 2 aliphatic rings. The van der Waals surface area contributed by atoms with E-state index in [1.165, 1.54) is 44.5 Å². The van der Waals surface area contributed by atoms with Crippen molar-refractivity contribution in [3.05, 3.63) is 29.8 Å². The lowest BCUT2D eigenvalue weighted by Crippen LogP contribution is -2.46. The van der Waals surface area contributed by atoms with Crippen LogP contribution in [0.25, 0.3) is 0 Å². The van der Waals surface area contributed by atoms with Crippen LogP contribution in [-0.2, 0) is 4.74 Å². The van der Waals surface area contributed by atoms with Gasteiger partial charge in [0.15, 0.2) is 5.96 Å². The maximum atomic E-state index is 5.57. The highest BCUT2D eigenvalue weighted by atomic mass is 16.5. The van der Waals surface area contributed by atoms with E-state index < -0.39 is 0 Å². The van der Waals surface area contributed by atoms with Crippen LogP contribution >= 0.6 is 0 Å². The van der Waals surface area contributed by atoms with Crippen molar-refractivity contribution in [3.63, 3.8) is 0 Å². The first kappa shape index (κ1) is 24.8. The van der Waals surface area contributed by atoms with Crippen LogP contribution in [0, 0.1) is 5.92 Å². The SMILES string of the molecule is CN=C(NCCCCN1CCC(C)CC1)NCC(c1ccc(OC)cc1)N1CCOCC1. The van der Waals surface area contributed by atoms with Gasteiger partial charge in [-0.2, -0.15) is 0 Å². The van der Waals surface area contributed by atoms with E-state index in [2.05, 4.69) is 44.5 Å². The quantitative estimate of drug-likeness (QED) is 0.328. The molecule has 32 heavy (non-hydrogen) atoms. The Bertz CT molecular complexity index is 667. The Morgan fingerprint density at radius 2 is 1.81 bits per heavy atom. The molecule has 1 atom stereocenters. The predicted molar refractivity (Wildman–Crippen MR) is 132 cm³/mol. The molecule has 7 heteroatoms. The average Bonchev–Trinajstić information content (AvgIpc) is 2.85. The molecule has 3 rings (SSSR count). The zero-order chi connectivity index (χ0) is 22.6. The smallest absolute Gasteiger partial charge is 0.191 e. The van der Waals surface area contributed by atoms with Gasteiger partial charge in [0.2, 0.25) is 0 Å². The second kappa shape index (κ2) is 13.7. The molecule has 2 heterocycles. The summed E-state index contributed by atoms with van der Waals surface area (Å²) >= 11 is 0. The Morgan fingerprint density at radius 1 is 1.09 bits per heavy atom. The second-order valence-corrected chi connectivity index (χ2v) is 9.05. The van der Waals surface area contributed by atoms with Crippen molar-refractivity contribution in [2.75, 3.05) is 73.2 Å². The van der Waals surface area contributed by atoms with E-state index in [9.17, 15) is 0 Å². The summed E-state index contributed by atoms with van der Waals surface area (Å²) in [5, 5.41) is 7.05. The van der Waals surface area contributed by atoms with E-state index in [0.717, 1.165) is 63.4 Å². The molecule has 2 saturated heterocycles. The van der Waals surface area contributed by atoms with Gasteiger partial charge in [-0.3, -0.25) is 9.89 Å². The molecule has 0 amide bonds. The van der Waals surface area contributed by atoms with Crippen LogP contribution in [0.3, 0.4) is 0 Å². The number of benzene rings is 1. The van der Waals surface area contributed by atoms with Gasteiger partial charge in [0, 0.05) is 33.2 Å². The van der Waals surface area contributed by atoms with Crippen molar-refractivity contribution < 1.29 is 9.47 Å². The summed E-state index contributed by atoms with van der Waals surface area (Å²) in [6.45, 7) is 11.4. The number of aliphatic imine (C=N–C) groups is 1. The molecule has 0 saturated carbocycles. The summed E-state index contributed by atoms with van der Waals surface area (Å²) in [5.41, 5.74) is 1.28. The fraction of sp³-hybridized carbons (Fsp3) is 0.720. The molecule has 2 aliphatic heterocycles. The minimum atomic E-state index is 0.268. The topological polar surface area (TPSA) is 61.4 Å². The molecule has 180 valence electrons. The number of nitrogens with zero attached hydrogens (tertiary/aromatic N) is 3. The molecule has 1 aromatic rings. The van der Waals surface area contributed by atoms with Crippen LogP contribution in [0.2, 0.25) is 0 Å². The first-order valence-corrected chi connectivity index (χ1v) is 12.3. The average molecular weight is 446 g/mol. The fourth-order valence-corrected chi connectivity index (χ4v) is 4.54.